The quantitative estimate of drug-likeness (QED) is 0.0427. The molecule has 4 N–H and O–H groups in total. The highest BCUT2D eigenvalue weighted by Crippen LogP contribution is 2.42. The fraction of sp³-hybridized carbons (Fsp3) is 1.00. The molecule has 0 aliphatic carbocycles. The highest BCUT2D eigenvalue weighted by atomic mass is 31.2. The zero-order valence-electron chi connectivity index (χ0n) is 31.6. The maximum absolute atomic E-state index is 12.2. The molecule has 1 fully saturated rings. The molecule has 288 valence electrons. The lowest BCUT2D eigenvalue weighted by Crippen LogP contribution is -2.59. The van der Waals surface area contributed by atoms with Crippen molar-refractivity contribution in [3.63, 3.8) is 0 Å². The van der Waals surface area contributed by atoms with Crippen LogP contribution in [0.25, 0.3) is 0 Å². The molecular weight excluding hydrogens is 631 g/mol. The van der Waals surface area contributed by atoms with Crippen LogP contribution in [-0.2, 0) is 18.3 Å². The minimum atomic E-state index is -4.83. The number of ether oxygens (including phenoxy) is 1. The topological polar surface area (TPSA) is 149 Å². The number of hydrogen-bond donors (Lipinski definition) is 4. The molecule has 11 atom stereocenters. The van der Waals surface area contributed by atoms with Crippen molar-refractivity contribution < 1.29 is 43.7 Å². The highest BCUT2D eigenvalue weighted by molar-refractivity contribution is 7.45. The summed E-state index contributed by atoms with van der Waals surface area (Å²) in [5.74, 6) is 3.73. The summed E-state index contributed by atoms with van der Waals surface area (Å²) in [6.45, 7) is 13.4. The number of aliphatic hydroxyl groups is 4. The van der Waals surface area contributed by atoms with Crippen LogP contribution >= 0.6 is 7.82 Å². The summed E-state index contributed by atoms with van der Waals surface area (Å²) >= 11 is 0. The maximum atomic E-state index is 12.2. The van der Waals surface area contributed by atoms with E-state index in [9.17, 15) is 29.9 Å². The Morgan fingerprint density at radius 3 is 1.42 bits per heavy atom. The average molecular weight is 708 g/mol. The minimum absolute atomic E-state index is 0.0609. The zero-order chi connectivity index (χ0) is 36.0. The van der Waals surface area contributed by atoms with Gasteiger partial charge in [-0.2, -0.15) is 0 Å². The summed E-state index contributed by atoms with van der Waals surface area (Å²) in [7, 11) is -4.83. The van der Waals surface area contributed by atoms with Gasteiger partial charge in [-0.05, 0) is 42.4 Å². The molecule has 1 unspecified atom stereocenters. The molecule has 1 rings (SSSR count). The van der Waals surface area contributed by atoms with E-state index in [-0.39, 0.29) is 6.61 Å². The Morgan fingerprint density at radius 2 is 1.00 bits per heavy atom. The lowest BCUT2D eigenvalue weighted by atomic mass is 9.89. The van der Waals surface area contributed by atoms with Gasteiger partial charge < -0.3 is 34.6 Å². The summed E-state index contributed by atoms with van der Waals surface area (Å²) < 4.78 is 27.0. The van der Waals surface area contributed by atoms with E-state index in [1.54, 1.807) is 0 Å². The SMILES string of the molecule is CCCCCCC[C@H](C)CCC[C@H](C)CCC[C@H](C)CCC[C@H](C)CCC[C@H](C)CCCOP(=O)([O-])O[C@@H]1O[C@H](CO)[C@@H](O)[C@H](O)[C@@H]1O. The third-order valence-corrected chi connectivity index (χ3v) is 11.5. The Balaban J connectivity index is 2.06. The molecular formula is C38H76O9P-. The summed E-state index contributed by atoms with van der Waals surface area (Å²) in [5, 5.41) is 38.8. The molecule has 1 aliphatic rings. The van der Waals surface area contributed by atoms with E-state index >= 15 is 0 Å². The Bertz CT molecular complexity index is 815. The van der Waals surface area contributed by atoms with Gasteiger partial charge in [0.25, 0.3) is 7.82 Å². The largest absolute Gasteiger partial charge is 0.756 e. The zero-order valence-corrected chi connectivity index (χ0v) is 32.5. The summed E-state index contributed by atoms with van der Waals surface area (Å²) in [4.78, 5) is 12.2. The number of phosphoric ester groups is 1. The van der Waals surface area contributed by atoms with Gasteiger partial charge in [0.15, 0.2) is 6.29 Å². The van der Waals surface area contributed by atoms with E-state index < -0.39 is 45.1 Å². The van der Waals surface area contributed by atoms with E-state index in [0.29, 0.717) is 12.3 Å². The van der Waals surface area contributed by atoms with E-state index in [4.69, 9.17) is 13.8 Å². The second-order valence-electron chi connectivity index (χ2n) is 15.7. The van der Waals surface area contributed by atoms with Crippen molar-refractivity contribution in [3.05, 3.63) is 0 Å². The molecule has 10 heteroatoms. The van der Waals surface area contributed by atoms with E-state index in [1.165, 1.54) is 103 Å². The molecule has 1 saturated heterocycles. The Kier molecular flexibility index (Phi) is 25.5. The van der Waals surface area contributed by atoms with Crippen LogP contribution in [0.2, 0.25) is 0 Å². The standard InChI is InChI=1S/C38H77O9P/c1-7-8-9-10-11-17-29(2)18-12-19-30(3)20-13-21-31(4)22-14-23-32(5)24-15-25-33(6)26-16-27-45-48(43,44)47-38-37(42)36(41)35(40)34(28-39)46-38/h29-42H,7-28H2,1-6H3,(H,43,44)/p-1/t29-,30-,31-,32-,33-,34+,35+,36-,37-,38-/m0/s1. The first-order valence-electron chi connectivity index (χ1n) is 19.7. The van der Waals surface area contributed by atoms with Gasteiger partial charge in [-0.1, -0.05) is 157 Å². The van der Waals surface area contributed by atoms with Gasteiger partial charge in [-0.3, -0.25) is 9.09 Å². The van der Waals surface area contributed by atoms with Crippen LogP contribution in [0.1, 0.15) is 170 Å². The predicted molar refractivity (Wildman–Crippen MR) is 192 cm³/mol. The highest BCUT2D eigenvalue weighted by Gasteiger charge is 2.45. The molecule has 0 aromatic heterocycles. The van der Waals surface area contributed by atoms with Crippen LogP contribution in [0, 0.1) is 29.6 Å². The number of rotatable bonds is 30. The first-order valence-corrected chi connectivity index (χ1v) is 21.2. The molecule has 0 aromatic rings. The van der Waals surface area contributed by atoms with Crippen LogP contribution in [0.3, 0.4) is 0 Å². The predicted octanol–water partition coefficient (Wildman–Crippen LogP) is 8.29. The number of phosphoric acid groups is 1. The summed E-state index contributed by atoms with van der Waals surface area (Å²) in [6.07, 6.45) is 17.3. The second kappa shape index (κ2) is 26.7. The first-order chi connectivity index (χ1) is 22.8. The molecule has 0 spiro atoms. The number of unbranched alkanes of at least 4 members (excludes halogenated alkanes) is 4. The summed E-state index contributed by atoms with van der Waals surface area (Å²) in [5.41, 5.74) is 0. The van der Waals surface area contributed by atoms with Crippen molar-refractivity contribution in [3.8, 4) is 0 Å². The minimum Gasteiger partial charge on any atom is -0.756 e. The van der Waals surface area contributed by atoms with E-state index in [0.717, 1.165) is 42.9 Å². The normalized spacial score (nSPS) is 26.1. The van der Waals surface area contributed by atoms with Crippen molar-refractivity contribution in [1.82, 2.24) is 0 Å². The molecule has 48 heavy (non-hydrogen) atoms. The molecule has 0 amide bonds. The van der Waals surface area contributed by atoms with Crippen LogP contribution in [0.4, 0.5) is 0 Å². The van der Waals surface area contributed by atoms with Gasteiger partial charge in [0, 0.05) is 0 Å². The first kappa shape index (κ1) is 45.9. The number of hydrogen-bond acceptors (Lipinski definition) is 9. The smallest absolute Gasteiger partial charge is 0.270 e. The average Bonchev–Trinajstić information content (AvgIpc) is 3.03. The Hall–Kier alpha value is -0.0900. The van der Waals surface area contributed by atoms with Gasteiger partial charge in [-0.15, -0.1) is 0 Å². The number of aliphatic hydroxyl groups excluding tert-OH is 4. The van der Waals surface area contributed by atoms with Crippen LogP contribution in [0.15, 0.2) is 0 Å². The van der Waals surface area contributed by atoms with Crippen molar-refractivity contribution >= 4 is 7.82 Å². The van der Waals surface area contributed by atoms with Crippen molar-refractivity contribution in [2.24, 2.45) is 29.6 Å². The Labute approximate surface area is 294 Å². The monoisotopic (exact) mass is 708 g/mol. The van der Waals surface area contributed by atoms with Gasteiger partial charge in [0.05, 0.1) is 13.2 Å². The Morgan fingerprint density at radius 1 is 0.604 bits per heavy atom. The molecule has 0 aromatic carbocycles. The van der Waals surface area contributed by atoms with Crippen LogP contribution in [0.5, 0.6) is 0 Å². The van der Waals surface area contributed by atoms with Gasteiger partial charge in [-0.25, -0.2) is 0 Å². The van der Waals surface area contributed by atoms with E-state index in [1.807, 2.05) is 0 Å². The second-order valence-corrected chi connectivity index (χ2v) is 17.0. The third-order valence-electron chi connectivity index (χ3n) is 10.5. The fourth-order valence-electron chi connectivity index (χ4n) is 7.00. The van der Waals surface area contributed by atoms with Gasteiger partial charge in [0.2, 0.25) is 0 Å². The van der Waals surface area contributed by atoms with Crippen molar-refractivity contribution in [1.29, 1.82) is 0 Å². The lowest BCUT2D eigenvalue weighted by Gasteiger charge is -2.41. The van der Waals surface area contributed by atoms with Crippen molar-refractivity contribution in [2.75, 3.05) is 13.2 Å². The fourth-order valence-corrected chi connectivity index (χ4v) is 7.84. The summed E-state index contributed by atoms with van der Waals surface area (Å²) in [6, 6.07) is 0. The maximum Gasteiger partial charge on any atom is 0.270 e. The van der Waals surface area contributed by atoms with E-state index in [2.05, 4.69) is 41.5 Å². The molecule has 0 saturated carbocycles. The molecule has 0 bridgehead atoms. The molecule has 9 nitrogen and oxygen atoms in total. The van der Waals surface area contributed by atoms with Crippen LogP contribution in [-0.4, -0.2) is 64.3 Å². The van der Waals surface area contributed by atoms with Crippen LogP contribution < -0.4 is 4.89 Å². The van der Waals surface area contributed by atoms with Gasteiger partial charge >= 0.3 is 0 Å². The molecule has 0 radical (unpaired) electrons. The third kappa shape index (κ3) is 21.3. The van der Waals surface area contributed by atoms with Crippen molar-refractivity contribution in [2.45, 2.75) is 201 Å². The van der Waals surface area contributed by atoms with Gasteiger partial charge in [0.1, 0.15) is 24.4 Å². The molecule has 1 aliphatic heterocycles. The lowest BCUT2D eigenvalue weighted by molar-refractivity contribution is -0.304. The molecule has 1 heterocycles.